The number of furan rings is 1. The van der Waals surface area contributed by atoms with Gasteiger partial charge in [0.15, 0.2) is 5.82 Å². The minimum Gasteiger partial charge on any atom is -0.459 e. The smallest absolute Gasteiger partial charge is 0.162 e. The van der Waals surface area contributed by atoms with E-state index in [1.807, 2.05) is 54.6 Å². The molecule has 2 aromatic carbocycles. The average Bonchev–Trinajstić information content (AvgIpc) is 3.19. The molecule has 28 heavy (non-hydrogen) atoms. The van der Waals surface area contributed by atoms with Crippen molar-refractivity contribution in [3.05, 3.63) is 84.9 Å². The molecule has 0 saturated carbocycles. The van der Waals surface area contributed by atoms with Crippen molar-refractivity contribution >= 4 is 27.7 Å². The lowest BCUT2D eigenvalue weighted by molar-refractivity contribution is 0.526. The number of nitrogens with zero attached hydrogens (tertiary/aromatic N) is 3. The first-order chi connectivity index (χ1) is 13.8. The van der Waals surface area contributed by atoms with Crippen LogP contribution in [0.1, 0.15) is 18.7 Å². The molecule has 3 heterocycles. The molecule has 1 atom stereocenters. The van der Waals surface area contributed by atoms with Gasteiger partial charge in [0, 0.05) is 28.7 Å². The summed E-state index contributed by atoms with van der Waals surface area (Å²) in [7, 11) is 0. The van der Waals surface area contributed by atoms with Gasteiger partial charge in [-0.2, -0.15) is 0 Å². The predicted molar refractivity (Wildman–Crippen MR) is 111 cm³/mol. The Kier molecular flexibility index (Phi) is 3.98. The average molecular weight is 366 g/mol. The van der Waals surface area contributed by atoms with Gasteiger partial charge in [-0.05, 0) is 43.3 Å². The van der Waals surface area contributed by atoms with E-state index in [-0.39, 0.29) is 6.04 Å². The van der Waals surface area contributed by atoms with E-state index in [4.69, 9.17) is 14.4 Å². The standard InChI is InChI=1S/C23H18N4O/c1-15(21-14-17-6-2-5-9-20(17)28-21)25-23-18-7-3-4-8-19(18)26-22(27-23)16-10-12-24-13-11-16/h2-15H,1H3,(H,25,26,27). The van der Waals surface area contributed by atoms with Crippen molar-refractivity contribution < 1.29 is 4.42 Å². The summed E-state index contributed by atoms with van der Waals surface area (Å²) < 4.78 is 6.01. The van der Waals surface area contributed by atoms with Crippen LogP contribution in [0, 0.1) is 0 Å². The van der Waals surface area contributed by atoms with Crippen LogP contribution in [-0.2, 0) is 0 Å². The van der Waals surface area contributed by atoms with Crippen LogP contribution in [-0.4, -0.2) is 15.0 Å². The molecule has 136 valence electrons. The Bertz CT molecular complexity index is 1230. The van der Waals surface area contributed by atoms with E-state index in [2.05, 4.69) is 29.4 Å². The molecule has 5 aromatic rings. The third-order valence-electron chi connectivity index (χ3n) is 4.77. The largest absolute Gasteiger partial charge is 0.459 e. The highest BCUT2D eigenvalue weighted by molar-refractivity contribution is 5.90. The van der Waals surface area contributed by atoms with Crippen LogP contribution in [0.3, 0.4) is 0 Å². The quantitative estimate of drug-likeness (QED) is 0.448. The molecule has 0 amide bonds. The highest BCUT2D eigenvalue weighted by atomic mass is 16.3. The van der Waals surface area contributed by atoms with Crippen LogP contribution in [0.4, 0.5) is 5.82 Å². The summed E-state index contributed by atoms with van der Waals surface area (Å²) in [5, 5.41) is 5.58. The van der Waals surface area contributed by atoms with E-state index in [9.17, 15) is 0 Å². The highest BCUT2D eigenvalue weighted by Crippen LogP contribution is 2.30. The number of para-hydroxylation sites is 2. The van der Waals surface area contributed by atoms with E-state index < -0.39 is 0 Å². The van der Waals surface area contributed by atoms with Crippen molar-refractivity contribution in [3.63, 3.8) is 0 Å². The zero-order valence-electron chi connectivity index (χ0n) is 15.3. The normalized spacial score (nSPS) is 12.3. The minimum atomic E-state index is -0.0454. The van der Waals surface area contributed by atoms with Gasteiger partial charge >= 0.3 is 0 Å². The number of anilines is 1. The van der Waals surface area contributed by atoms with Gasteiger partial charge in [-0.3, -0.25) is 4.98 Å². The molecule has 5 rings (SSSR count). The highest BCUT2D eigenvalue weighted by Gasteiger charge is 2.15. The number of nitrogens with one attached hydrogen (secondary N) is 1. The number of hydrogen-bond acceptors (Lipinski definition) is 5. The maximum Gasteiger partial charge on any atom is 0.162 e. The summed E-state index contributed by atoms with van der Waals surface area (Å²) in [4.78, 5) is 13.6. The second-order valence-electron chi connectivity index (χ2n) is 6.70. The molecule has 5 heteroatoms. The van der Waals surface area contributed by atoms with Gasteiger partial charge in [0.1, 0.15) is 17.2 Å². The van der Waals surface area contributed by atoms with Gasteiger partial charge < -0.3 is 9.73 Å². The van der Waals surface area contributed by atoms with Crippen LogP contribution < -0.4 is 5.32 Å². The predicted octanol–water partition coefficient (Wildman–Crippen LogP) is 5.61. The summed E-state index contributed by atoms with van der Waals surface area (Å²) in [6.07, 6.45) is 3.50. The second kappa shape index (κ2) is 6.78. The number of pyridine rings is 1. The molecular formula is C23H18N4O. The molecule has 1 N–H and O–H groups in total. The third kappa shape index (κ3) is 2.97. The van der Waals surface area contributed by atoms with Crippen molar-refractivity contribution in [2.75, 3.05) is 5.32 Å². The van der Waals surface area contributed by atoms with Gasteiger partial charge in [0.2, 0.25) is 0 Å². The monoisotopic (exact) mass is 366 g/mol. The fourth-order valence-electron chi connectivity index (χ4n) is 3.31. The van der Waals surface area contributed by atoms with Crippen molar-refractivity contribution in [2.45, 2.75) is 13.0 Å². The van der Waals surface area contributed by atoms with Crippen molar-refractivity contribution in [2.24, 2.45) is 0 Å². The molecule has 0 radical (unpaired) electrons. The Morgan fingerprint density at radius 2 is 1.68 bits per heavy atom. The molecule has 0 saturated heterocycles. The SMILES string of the molecule is CC(Nc1nc(-c2ccncc2)nc2ccccc12)c1cc2ccccc2o1. The summed E-state index contributed by atoms with van der Waals surface area (Å²) in [6, 6.07) is 21.9. The molecule has 3 aromatic heterocycles. The number of rotatable bonds is 4. The maximum atomic E-state index is 6.01. The summed E-state index contributed by atoms with van der Waals surface area (Å²) >= 11 is 0. The van der Waals surface area contributed by atoms with Crippen LogP contribution in [0.25, 0.3) is 33.3 Å². The lowest BCUT2D eigenvalue weighted by Crippen LogP contribution is -2.08. The molecule has 0 spiro atoms. The first-order valence-electron chi connectivity index (χ1n) is 9.20. The zero-order chi connectivity index (χ0) is 18.9. The van der Waals surface area contributed by atoms with Crippen LogP contribution >= 0.6 is 0 Å². The maximum absolute atomic E-state index is 6.01. The van der Waals surface area contributed by atoms with Crippen molar-refractivity contribution in [1.82, 2.24) is 15.0 Å². The van der Waals surface area contributed by atoms with E-state index in [0.717, 1.165) is 39.0 Å². The van der Waals surface area contributed by atoms with E-state index in [1.54, 1.807) is 12.4 Å². The van der Waals surface area contributed by atoms with Gasteiger partial charge in [0.25, 0.3) is 0 Å². The van der Waals surface area contributed by atoms with E-state index in [1.165, 1.54) is 0 Å². The lowest BCUT2D eigenvalue weighted by atomic mass is 10.1. The van der Waals surface area contributed by atoms with E-state index in [0.29, 0.717) is 5.82 Å². The van der Waals surface area contributed by atoms with Gasteiger partial charge in [-0.15, -0.1) is 0 Å². The van der Waals surface area contributed by atoms with Gasteiger partial charge in [0.05, 0.1) is 11.6 Å². The van der Waals surface area contributed by atoms with Crippen LogP contribution in [0.2, 0.25) is 0 Å². The topological polar surface area (TPSA) is 63.8 Å². The molecule has 1 unspecified atom stereocenters. The molecule has 0 aliphatic carbocycles. The van der Waals surface area contributed by atoms with Crippen molar-refractivity contribution in [1.29, 1.82) is 0 Å². The van der Waals surface area contributed by atoms with Crippen molar-refractivity contribution in [3.8, 4) is 11.4 Å². The number of aromatic nitrogens is 3. The fourth-order valence-corrected chi connectivity index (χ4v) is 3.31. The Labute approximate surface area is 162 Å². The number of fused-ring (bicyclic) bond motifs is 2. The Morgan fingerprint density at radius 1 is 0.893 bits per heavy atom. The molecule has 0 aliphatic heterocycles. The molecular weight excluding hydrogens is 348 g/mol. The Hall–Kier alpha value is -3.73. The molecule has 0 aliphatic rings. The van der Waals surface area contributed by atoms with E-state index >= 15 is 0 Å². The number of benzene rings is 2. The van der Waals surface area contributed by atoms with Gasteiger partial charge in [-0.1, -0.05) is 30.3 Å². The summed E-state index contributed by atoms with van der Waals surface area (Å²) in [5.41, 5.74) is 2.71. The summed E-state index contributed by atoms with van der Waals surface area (Å²) in [6.45, 7) is 2.07. The zero-order valence-corrected chi connectivity index (χ0v) is 15.3. The first-order valence-corrected chi connectivity index (χ1v) is 9.20. The lowest BCUT2D eigenvalue weighted by Gasteiger charge is -2.15. The molecule has 0 fully saturated rings. The summed E-state index contributed by atoms with van der Waals surface area (Å²) in [5.74, 6) is 2.32. The fraction of sp³-hybridized carbons (Fsp3) is 0.0870. The second-order valence-corrected chi connectivity index (χ2v) is 6.70. The third-order valence-corrected chi connectivity index (χ3v) is 4.77. The molecule has 5 nitrogen and oxygen atoms in total. The first kappa shape index (κ1) is 16.4. The Morgan fingerprint density at radius 3 is 2.54 bits per heavy atom. The molecule has 0 bridgehead atoms. The van der Waals surface area contributed by atoms with Crippen LogP contribution in [0.15, 0.2) is 83.5 Å². The number of hydrogen-bond donors (Lipinski definition) is 1. The van der Waals surface area contributed by atoms with Crippen LogP contribution in [0.5, 0.6) is 0 Å². The minimum absolute atomic E-state index is 0.0454. The Balaban J connectivity index is 1.57. The van der Waals surface area contributed by atoms with Gasteiger partial charge in [-0.25, -0.2) is 9.97 Å².